The fraction of sp³-hybridized carbons (Fsp3) is 0.571. The predicted octanol–water partition coefficient (Wildman–Crippen LogP) is 2.60. The number of piperidine rings is 1. The lowest BCUT2D eigenvalue weighted by atomic mass is 10.1. The van der Waals surface area contributed by atoms with Gasteiger partial charge in [-0.25, -0.2) is 5.21 Å². The van der Waals surface area contributed by atoms with Crippen molar-refractivity contribution in [2.24, 2.45) is 0 Å². The zero-order valence-electron chi connectivity index (χ0n) is 11.2. The predicted molar refractivity (Wildman–Crippen MR) is 74.2 cm³/mol. The molecule has 1 fully saturated rings. The van der Waals surface area contributed by atoms with Gasteiger partial charge in [-0.15, -0.1) is 0 Å². The average Bonchev–Trinajstić information content (AvgIpc) is 2.29. The van der Waals surface area contributed by atoms with Gasteiger partial charge in [0.2, 0.25) is 0 Å². The molecule has 1 N–H and O–H groups in total. The van der Waals surface area contributed by atoms with Gasteiger partial charge in [-0.3, -0.25) is 0 Å². The molecule has 0 atom stereocenters. The van der Waals surface area contributed by atoms with E-state index in [-0.39, 0.29) is 4.65 Å². The second-order valence-corrected chi connectivity index (χ2v) is 11.0. The van der Waals surface area contributed by atoms with E-state index in [0.717, 1.165) is 18.6 Å². The Morgan fingerprint density at radius 3 is 2.18 bits per heavy atom. The quantitative estimate of drug-likeness (QED) is 0.632. The van der Waals surface area contributed by atoms with Crippen LogP contribution in [0.15, 0.2) is 30.3 Å². The number of nitrogens with zero attached hydrogens (tertiary/aromatic N) is 1. The minimum absolute atomic E-state index is 0.218. The summed E-state index contributed by atoms with van der Waals surface area (Å²) in [7, 11) is 0.562. The third-order valence-electron chi connectivity index (χ3n) is 4.46. The van der Waals surface area contributed by atoms with Gasteiger partial charge in [-0.2, -0.15) is 4.65 Å². The van der Waals surface area contributed by atoms with Crippen LogP contribution in [-0.4, -0.2) is 38.1 Å². The molecule has 1 aliphatic rings. The zero-order chi connectivity index (χ0) is 12.5. The second-order valence-electron chi connectivity index (χ2n) is 6.15. The van der Waals surface area contributed by atoms with Crippen LogP contribution < -0.4 is 5.19 Å². The fourth-order valence-electron chi connectivity index (χ4n) is 2.95. The van der Waals surface area contributed by atoms with E-state index >= 15 is 0 Å². The maximum atomic E-state index is 9.98. The van der Waals surface area contributed by atoms with Crippen molar-refractivity contribution in [1.29, 1.82) is 0 Å². The topological polar surface area (TPSA) is 20.2 Å². The van der Waals surface area contributed by atoms with Crippen LogP contribution in [0.1, 0.15) is 12.8 Å². The van der Waals surface area contributed by atoms with E-state index in [1.807, 2.05) is 7.05 Å². The largest absolute Gasteiger partial charge is 0.217 e. The summed E-state index contributed by atoms with van der Waals surface area (Å²) in [5.41, 5.74) is 0.809. The third kappa shape index (κ3) is 2.79. The van der Waals surface area contributed by atoms with Crippen LogP contribution in [0.4, 0.5) is 0 Å². The molecule has 1 aliphatic heterocycles. The second kappa shape index (κ2) is 4.56. The first kappa shape index (κ1) is 12.8. The smallest absolute Gasteiger partial charge is 0.108 e. The van der Waals surface area contributed by atoms with Crippen LogP contribution in [0, 0.1) is 0 Å². The lowest BCUT2D eigenvalue weighted by molar-refractivity contribution is -1.09. The van der Waals surface area contributed by atoms with Crippen LogP contribution >= 0.6 is 0 Å². The SMILES string of the molecule is C[N+]1(O)CCC([Si](C)(C)c2ccccc2)CC1. The molecule has 1 saturated heterocycles. The molecule has 3 heteroatoms. The van der Waals surface area contributed by atoms with Crippen LogP contribution in [0.25, 0.3) is 0 Å². The molecule has 0 aromatic heterocycles. The molecule has 0 amide bonds. The summed E-state index contributed by atoms with van der Waals surface area (Å²) in [5, 5.41) is 11.5. The summed E-state index contributed by atoms with van der Waals surface area (Å²) in [4.78, 5) is 0. The normalized spacial score (nSPS) is 30.2. The minimum atomic E-state index is -1.36. The molecule has 1 aromatic rings. The van der Waals surface area contributed by atoms with E-state index in [9.17, 15) is 5.21 Å². The molecule has 0 bridgehead atoms. The summed E-state index contributed by atoms with van der Waals surface area (Å²) >= 11 is 0. The van der Waals surface area contributed by atoms with E-state index < -0.39 is 8.07 Å². The Balaban J connectivity index is 2.12. The Morgan fingerprint density at radius 1 is 1.12 bits per heavy atom. The molecule has 1 heterocycles. The van der Waals surface area contributed by atoms with Crippen LogP contribution in [0.2, 0.25) is 18.6 Å². The van der Waals surface area contributed by atoms with Crippen molar-refractivity contribution >= 4 is 13.3 Å². The highest BCUT2D eigenvalue weighted by atomic mass is 28.3. The van der Waals surface area contributed by atoms with Gasteiger partial charge in [-0.1, -0.05) is 48.6 Å². The number of hydrogen-bond donors (Lipinski definition) is 1. The molecular formula is C14H24NOSi+. The van der Waals surface area contributed by atoms with E-state index in [1.54, 1.807) is 5.19 Å². The van der Waals surface area contributed by atoms with E-state index in [1.165, 1.54) is 12.8 Å². The summed E-state index contributed by atoms with van der Waals surface area (Å²) in [5.74, 6) is 0. The van der Waals surface area contributed by atoms with Crippen LogP contribution in [0.5, 0.6) is 0 Å². The van der Waals surface area contributed by atoms with Gasteiger partial charge >= 0.3 is 0 Å². The van der Waals surface area contributed by atoms with Crippen molar-refractivity contribution in [3.63, 3.8) is 0 Å². The number of hydroxylamine groups is 3. The first-order valence-corrected chi connectivity index (χ1v) is 9.62. The molecule has 0 spiro atoms. The van der Waals surface area contributed by atoms with Gasteiger partial charge in [0.15, 0.2) is 0 Å². The molecule has 0 radical (unpaired) electrons. The maximum absolute atomic E-state index is 9.98. The standard InChI is InChI=1S/C14H24NOSi/c1-15(16)11-9-14(10-12-15)17(2,3)13-7-5-4-6-8-13/h4-8,14,16H,9-12H2,1-3H3/q+1. The fourth-order valence-corrected chi connectivity index (χ4v) is 6.17. The third-order valence-corrected chi connectivity index (χ3v) is 8.90. The number of likely N-dealkylation sites (tertiary alicyclic amines) is 1. The average molecular weight is 250 g/mol. The van der Waals surface area contributed by atoms with Gasteiger partial charge in [-0.05, 0) is 5.54 Å². The van der Waals surface area contributed by atoms with E-state index in [4.69, 9.17) is 0 Å². The number of rotatable bonds is 2. The van der Waals surface area contributed by atoms with Crippen molar-refractivity contribution < 1.29 is 9.85 Å². The molecule has 2 rings (SSSR count). The van der Waals surface area contributed by atoms with Gasteiger partial charge in [0.25, 0.3) is 0 Å². The van der Waals surface area contributed by atoms with Crippen molar-refractivity contribution in [2.75, 3.05) is 20.1 Å². The molecule has 2 nitrogen and oxygen atoms in total. The monoisotopic (exact) mass is 250 g/mol. The number of benzene rings is 1. The van der Waals surface area contributed by atoms with Gasteiger partial charge in [0, 0.05) is 12.8 Å². The Morgan fingerprint density at radius 2 is 1.65 bits per heavy atom. The highest BCUT2D eigenvalue weighted by molar-refractivity contribution is 6.91. The van der Waals surface area contributed by atoms with Crippen molar-refractivity contribution in [2.45, 2.75) is 31.5 Å². The lowest BCUT2D eigenvalue weighted by Crippen LogP contribution is -2.53. The van der Waals surface area contributed by atoms with Crippen molar-refractivity contribution in [3.8, 4) is 0 Å². The van der Waals surface area contributed by atoms with Crippen molar-refractivity contribution in [3.05, 3.63) is 30.3 Å². The Hall–Kier alpha value is -0.643. The first-order valence-electron chi connectivity index (χ1n) is 6.55. The maximum Gasteiger partial charge on any atom is 0.108 e. The molecule has 0 saturated carbocycles. The Labute approximate surface area is 105 Å². The zero-order valence-corrected chi connectivity index (χ0v) is 12.2. The molecular weight excluding hydrogens is 226 g/mol. The highest BCUT2D eigenvalue weighted by Gasteiger charge is 2.39. The van der Waals surface area contributed by atoms with Crippen LogP contribution in [0.3, 0.4) is 0 Å². The Bertz CT molecular complexity index is 365. The lowest BCUT2D eigenvalue weighted by Gasteiger charge is -2.40. The molecule has 94 valence electrons. The van der Waals surface area contributed by atoms with Crippen LogP contribution in [-0.2, 0) is 0 Å². The summed E-state index contributed by atoms with van der Waals surface area (Å²) in [6, 6.07) is 11.0. The summed E-state index contributed by atoms with van der Waals surface area (Å²) < 4.78 is 0.218. The van der Waals surface area contributed by atoms with Crippen molar-refractivity contribution in [1.82, 2.24) is 0 Å². The summed E-state index contributed by atoms with van der Waals surface area (Å²) in [6.45, 7) is 6.77. The molecule has 0 aliphatic carbocycles. The number of hydrogen-bond acceptors (Lipinski definition) is 1. The van der Waals surface area contributed by atoms with E-state index in [2.05, 4.69) is 43.4 Å². The van der Waals surface area contributed by atoms with Gasteiger partial charge < -0.3 is 0 Å². The molecule has 17 heavy (non-hydrogen) atoms. The minimum Gasteiger partial charge on any atom is -0.217 e. The first-order chi connectivity index (χ1) is 7.92. The number of quaternary nitrogens is 1. The van der Waals surface area contributed by atoms with E-state index in [0.29, 0.717) is 0 Å². The highest BCUT2D eigenvalue weighted by Crippen LogP contribution is 2.33. The summed E-state index contributed by atoms with van der Waals surface area (Å²) in [6.07, 6.45) is 2.34. The van der Waals surface area contributed by atoms with Gasteiger partial charge in [0.05, 0.1) is 15.1 Å². The Kier molecular flexibility index (Phi) is 3.43. The van der Waals surface area contributed by atoms with Gasteiger partial charge in [0.1, 0.15) is 13.1 Å². The molecule has 0 unspecified atom stereocenters. The molecule has 1 aromatic carbocycles.